The predicted octanol–water partition coefficient (Wildman–Crippen LogP) is 2.40. The minimum Gasteiger partial charge on any atom is -0.444 e. The minimum absolute atomic E-state index is 0.291. The summed E-state index contributed by atoms with van der Waals surface area (Å²) < 4.78 is 5.32. The van der Waals surface area contributed by atoms with Crippen LogP contribution in [0.25, 0.3) is 0 Å². The van der Waals surface area contributed by atoms with E-state index in [-0.39, 0.29) is 6.09 Å². The third kappa shape index (κ3) is 3.07. The fraction of sp³-hybridized carbons (Fsp3) is 0.533. The standard InChI is InChI=1S/C15H22N2O2/c1-11-5-7-12(8-6-11)15(16)9-17(10-15)13(18)19-14(2,3)4/h5-8H,9-10,16H2,1-4H3. The molecule has 1 aromatic carbocycles. The summed E-state index contributed by atoms with van der Waals surface area (Å²) in [5.74, 6) is 0. The van der Waals surface area contributed by atoms with Gasteiger partial charge in [-0.15, -0.1) is 0 Å². The second kappa shape index (κ2) is 4.53. The summed E-state index contributed by atoms with van der Waals surface area (Å²) in [6.07, 6.45) is -0.291. The van der Waals surface area contributed by atoms with E-state index >= 15 is 0 Å². The Morgan fingerprint density at radius 1 is 1.26 bits per heavy atom. The largest absolute Gasteiger partial charge is 0.444 e. The lowest BCUT2D eigenvalue weighted by molar-refractivity contribution is -0.00888. The summed E-state index contributed by atoms with van der Waals surface area (Å²) in [5, 5.41) is 0. The van der Waals surface area contributed by atoms with E-state index in [2.05, 4.69) is 0 Å². The molecular formula is C15H22N2O2. The molecule has 0 bridgehead atoms. The Labute approximate surface area is 114 Å². The van der Waals surface area contributed by atoms with Gasteiger partial charge in [0.15, 0.2) is 0 Å². The van der Waals surface area contributed by atoms with E-state index in [4.69, 9.17) is 10.5 Å². The zero-order valence-electron chi connectivity index (χ0n) is 12.1. The monoisotopic (exact) mass is 262 g/mol. The number of rotatable bonds is 1. The molecule has 19 heavy (non-hydrogen) atoms. The number of likely N-dealkylation sites (tertiary alicyclic amines) is 1. The van der Waals surface area contributed by atoms with E-state index in [0.717, 1.165) is 5.56 Å². The van der Waals surface area contributed by atoms with Crippen LogP contribution in [0.1, 0.15) is 31.9 Å². The third-order valence-electron chi connectivity index (χ3n) is 3.22. The smallest absolute Gasteiger partial charge is 0.410 e. The third-order valence-corrected chi connectivity index (χ3v) is 3.22. The molecule has 104 valence electrons. The van der Waals surface area contributed by atoms with Crippen LogP contribution in [0, 0.1) is 6.92 Å². The summed E-state index contributed by atoms with van der Waals surface area (Å²) in [7, 11) is 0. The van der Waals surface area contributed by atoms with Gasteiger partial charge < -0.3 is 15.4 Å². The maximum absolute atomic E-state index is 11.9. The highest BCUT2D eigenvalue weighted by molar-refractivity contribution is 5.70. The highest BCUT2D eigenvalue weighted by Gasteiger charge is 2.44. The van der Waals surface area contributed by atoms with E-state index < -0.39 is 11.1 Å². The second-order valence-electron chi connectivity index (χ2n) is 6.36. The molecule has 1 heterocycles. The SMILES string of the molecule is Cc1ccc(C2(N)CN(C(=O)OC(C)(C)C)C2)cc1. The number of nitrogens with zero attached hydrogens (tertiary/aromatic N) is 1. The van der Waals surface area contributed by atoms with E-state index in [0.29, 0.717) is 13.1 Å². The van der Waals surface area contributed by atoms with E-state index in [9.17, 15) is 4.79 Å². The number of nitrogens with two attached hydrogens (primary N) is 1. The van der Waals surface area contributed by atoms with Crippen LogP contribution in [0.15, 0.2) is 24.3 Å². The normalized spacial score (nSPS) is 17.8. The molecular weight excluding hydrogens is 240 g/mol. The van der Waals surface area contributed by atoms with Gasteiger partial charge in [-0.25, -0.2) is 4.79 Å². The van der Waals surface area contributed by atoms with Gasteiger partial charge in [-0.05, 0) is 33.3 Å². The predicted molar refractivity (Wildman–Crippen MR) is 74.9 cm³/mol. The maximum atomic E-state index is 11.9. The highest BCUT2D eigenvalue weighted by Crippen LogP contribution is 2.30. The number of amides is 1. The molecule has 2 rings (SSSR count). The molecule has 1 aliphatic rings. The molecule has 0 aliphatic carbocycles. The maximum Gasteiger partial charge on any atom is 0.410 e. The van der Waals surface area contributed by atoms with Crippen LogP contribution in [0.4, 0.5) is 4.79 Å². The Balaban J connectivity index is 1.98. The number of ether oxygens (including phenoxy) is 1. The van der Waals surface area contributed by atoms with E-state index in [1.807, 2.05) is 52.0 Å². The molecule has 1 aromatic rings. The Bertz CT molecular complexity index is 468. The number of benzene rings is 1. The van der Waals surface area contributed by atoms with Crippen LogP contribution in [-0.4, -0.2) is 29.7 Å². The van der Waals surface area contributed by atoms with Crippen LogP contribution < -0.4 is 5.73 Å². The first-order valence-electron chi connectivity index (χ1n) is 6.54. The molecule has 0 unspecified atom stereocenters. The van der Waals surface area contributed by atoms with Crippen molar-refractivity contribution >= 4 is 6.09 Å². The van der Waals surface area contributed by atoms with Gasteiger partial charge in [0, 0.05) is 13.1 Å². The first-order chi connectivity index (χ1) is 8.70. The van der Waals surface area contributed by atoms with Crippen LogP contribution in [0.5, 0.6) is 0 Å². The average Bonchev–Trinajstić information content (AvgIpc) is 2.23. The van der Waals surface area contributed by atoms with Crippen LogP contribution in [0.2, 0.25) is 0 Å². The lowest BCUT2D eigenvalue weighted by Gasteiger charge is -2.47. The Morgan fingerprint density at radius 2 is 1.79 bits per heavy atom. The molecule has 1 saturated heterocycles. The van der Waals surface area contributed by atoms with E-state index in [1.54, 1.807) is 4.90 Å². The van der Waals surface area contributed by atoms with Crippen molar-refractivity contribution in [2.45, 2.75) is 38.8 Å². The Morgan fingerprint density at radius 3 is 2.26 bits per heavy atom. The molecule has 4 nitrogen and oxygen atoms in total. The molecule has 2 N–H and O–H groups in total. The van der Waals surface area contributed by atoms with Crippen LogP contribution in [-0.2, 0) is 10.3 Å². The fourth-order valence-corrected chi connectivity index (χ4v) is 2.16. The molecule has 0 aromatic heterocycles. The lowest BCUT2D eigenvalue weighted by Crippen LogP contribution is -2.66. The average molecular weight is 262 g/mol. The fourth-order valence-electron chi connectivity index (χ4n) is 2.16. The van der Waals surface area contributed by atoms with Crippen molar-refractivity contribution in [2.24, 2.45) is 5.73 Å². The second-order valence-corrected chi connectivity index (χ2v) is 6.36. The number of carbonyl (C=O) groups excluding carboxylic acids is 1. The number of hydrogen-bond acceptors (Lipinski definition) is 3. The molecule has 0 atom stereocenters. The minimum atomic E-state index is -0.464. The van der Waals surface area contributed by atoms with Crippen molar-refractivity contribution < 1.29 is 9.53 Å². The van der Waals surface area contributed by atoms with Gasteiger partial charge in [0.25, 0.3) is 0 Å². The molecule has 1 aliphatic heterocycles. The van der Waals surface area contributed by atoms with Gasteiger partial charge in [0.05, 0.1) is 5.54 Å². The van der Waals surface area contributed by atoms with Gasteiger partial charge in [0.2, 0.25) is 0 Å². The van der Waals surface area contributed by atoms with Crippen LogP contribution in [0.3, 0.4) is 0 Å². The van der Waals surface area contributed by atoms with Gasteiger partial charge in [-0.1, -0.05) is 29.8 Å². The first-order valence-corrected chi connectivity index (χ1v) is 6.54. The van der Waals surface area contributed by atoms with Crippen molar-refractivity contribution in [2.75, 3.05) is 13.1 Å². The summed E-state index contributed by atoms with van der Waals surface area (Å²) in [6, 6.07) is 8.14. The number of carbonyl (C=O) groups is 1. The molecule has 4 heteroatoms. The first kappa shape index (κ1) is 13.9. The molecule has 0 spiro atoms. The Kier molecular flexibility index (Phi) is 3.31. The Hall–Kier alpha value is -1.55. The molecule has 0 radical (unpaired) electrons. The van der Waals surface area contributed by atoms with Crippen molar-refractivity contribution in [1.82, 2.24) is 4.90 Å². The van der Waals surface area contributed by atoms with Crippen LogP contribution >= 0.6 is 0 Å². The molecule has 1 fully saturated rings. The zero-order chi connectivity index (χ0) is 14.3. The summed E-state index contributed by atoms with van der Waals surface area (Å²) in [6.45, 7) is 8.64. The summed E-state index contributed by atoms with van der Waals surface area (Å²) >= 11 is 0. The van der Waals surface area contributed by atoms with E-state index in [1.165, 1.54) is 5.56 Å². The molecule has 1 amide bonds. The number of hydrogen-bond donors (Lipinski definition) is 1. The summed E-state index contributed by atoms with van der Waals surface area (Å²) in [5.41, 5.74) is 7.68. The van der Waals surface area contributed by atoms with Gasteiger partial charge in [-0.3, -0.25) is 0 Å². The van der Waals surface area contributed by atoms with Crippen molar-refractivity contribution in [3.63, 3.8) is 0 Å². The molecule has 0 saturated carbocycles. The van der Waals surface area contributed by atoms with Gasteiger partial charge in [-0.2, -0.15) is 0 Å². The topological polar surface area (TPSA) is 55.6 Å². The highest BCUT2D eigenvalue weighted by atomic mass is 16.6. The van der Waals surface area contributed by atoms with Gasteiger partial charge >= 0.3 is 6.09 Å². The zero-order valence-corrected chi connectivity index (χ0v) is 12.1. The van der Waals surface area contributed by atoms with Crippen molar-refractivity contribution in [3.05, 3.63) is 35.4 Å². The van der Waals surface area contributed by atoms with Crippen molar-refractivity contribution in [1.29, 1.82) is 0 Å². The van der Waals surface area contributed by atoms with Crippen molar-refractivity contribution in [3.8, 4) is 0 Å². The lowest BCUT2D eigenvalue weighted by atomic mass is 9.83. The summed E-state index contributed by atoms with van der Waals surface area (Å²) in [4.78, 5) is 13.5. The van der Waals surface area contributed by atoms with Gasteiger partial charge in [0.1, 0.15) is 5.60 Å². The number of aryl methyl sites for hydroxylation is 1. The quantitative estimate of drug-likeness (QED) is 0.845.